The number of hydrogen-bond acceptors (Lipinski definition) is 1. The van der Waals surface area contributed by atoms with Crippen LogP contribution in [-0.2, 0) is 6.42 Å². The molecule has 0 atom stereocenters. The Balaban J connectivity index is 1.78. The van der Waals surface area contributed by atoms with Crippen LogP contribution in [0.15, 0.2) is 79.0 Å². The highest BCUT2D eigenvalue weighted by atomic mass is 14.7. The normalized spacial score (nSPS) is 11.0. The van der Waals surface area contributed by atoms with Crippen LogP contribution in [-0.4, -0.2) is 4.98 Å². The quantitative estimate of drug-likeness (QED) is 0.398. The molecule has 0 unspecified atom stereocenters. The molecule has 1 aromatic heterocycles. The molecule has 0 aliphatic heterocycles. The van der Waals surface area contributed by atoms with E-state index in [4.69, 9.17) is 4.98 Å². The molecular weight excluding hydrogens is 314 g/mol. The third-order valence-corrected chi connectivity index (χ3v) is 4.88. The summed E-state index contributed by atoms with van der Waals surface area (Å²) in [6.45, 7) is 4.35. The Kier molecular flexibility index (Phi) is 4.53. The van der Waals surface area contributed by atoms with E-state index in [0.717, 1.165) is 17.7 Å². The predicted molar refractivity (Wildman–Crippen MR) is 111 cm³/mol. The Morgan fingerprint density at radius 3 is 2.38 bits per heavy atom. The zero-order valence-corrected chi connectivity index (χ0v) is 15.4. The first-order valence-corrected chi connectivity index (χ1v) is 9.30. The molecule has 1 heteroatoms. The third-order valence-electron chi connectivity index (χ3n) is 4.88. The molecule has 4 aromatic rings. The Morgan fingerprint density at radius 2 is 1.58 bits per heavy atom. The number of nitrogens with zero attached hydrogens (tertiary/aromatic N) is 1. The number of benzene rings is 3. The molecule has 0 N–H and O–H groups in total. The zero-order chi connectivity index (χ0) is 17.9. The van der Waals surface area contributed by atoms with E-state index in [1.165, 1.54) is 39.4 Å². The van der Waals surface area contributed by atoms with Gasteiger partial charge in [0.1, 0.15) is 0 Å². The van der Waals surface area contributed by atoms with Crippen molar-refractivity contribution >= 4 is 10.8 Å². The van der Waals surface area contributed by atoms with Gasteiger partial charge in [0.25, 0.3) is 0 Å². The first-order chi connectivity index (χ1) is 12.7. The lowest BCUT2D eigenvalue weighted by Crippen LogP contribution is -1.88. The monoisotopic (exact) mass is 337 g/mol. The van der Waals surface area contributed by atoms with Gasteiger partial charge in [0.2, 0.25) is 0 Å². The van der Waals surface area contributed by atoms with Gasteiger partial charge in [-0.3, -0.25) is 4.98 Å². The fourth-order valence-corrected chi connectivity index (χ4v) is 3.51. The molecule has 0 aliphatic rings. The van der Waals surface area contributed by atoms with E-state index >= 15 is 0 Å². The maximum Gasteiger partial charge on any atom is 0.0780 e. The second kappa shape index (κ2) is 7.13. The maximum absolute atomic E-state index is 4.69. The minimum atomic E-state index is 1.05. The summed E-state index contributed by atoms with van der Waals surface area (Å²) in [6.07, 6.45) is 4.22. The molecule has 26 heavy (non-hydrogen) atoms. The van der Waals surface area contributed by atoms with Gasteiger partial charge >= 0.3 is 0 Å². The topological polar surface area (TPSA) is 12.9 Å². The summed E-state index contributed by atoms with van der Waals surface area (Å²) in [5.74, 6) is 0. The van der Waals surface area contributed by atoms with Crippen LogP contribution in [0.2, 0.25) is 0 Å². The van der Waals surface area contributed by atoms with Gasteiger partial charge < -0.3 is 0 Å². The van der Waals surface area contributed by atoms with Crippen molar-refractivity contribution in [2.75, 3.05) is 0 Å². The average Bonchev–Trinajstić information content (AvgIpc) is 2.68. The molecule has 0 amide bonds. The Labute approximate surface area is 155 Å². The number of aromatic nitrogens is 1. The lowest BCUT2D eigenvalue weighted by molar-refractivity contribution is 0.922. The lowest BCUT2D eigenvalue weighted by atomic mass is 9.97. The number of aryl methyl sites for hydroxylation is 2. The van der Waals surface area contributed by atoms with E-state index in [2.05, 4.69) is 86.6 Å². The minimum Gasteiger partial charge on any atom is -0.256 e. The number of rotatable bonds is 4. The second-order valence-electron chi connectivity index (χ2n) is 6.91. The van der Waals surface area contributed by atoms with Crippen LogP contribution < -0.4 is 0 Å². The first kappa shape index (κ1) is 16.5. The molecule has 0 spiro atoms. The number of fused-ring (bicyclic) bond motifs is 1. The molecule has 1 nitrogen and oxygen atoms in total. The smallest absolute Gasteiger partial charge is 0.0780 e. The van der Waals surface area contributed by atoms with E-state index in [1.807, 2.05) is 6.20 Å². The number of pyridine rings is 1. The summed E-state index contributed by atoms with van der Waals surface area (Å²) in [5, 5.41) is 2.44. The molecule has 0 radical (unpaired) electrons. The van der Waals surface area contributed by atoms with Crippen LogP contribution in [0, 0.1) is 6.92 Å². The highest BCUT2D eigenvalue weighted by Gasteiger charge is 2.07. The standard InChI is InChI=1S/C25H23N/c1-3-5-19-9-12-20(13-10-19)22-6-4-7-23(17-22)25-24-16-18(2)8-11-21(24)14-15-26-25/h4,6-17H,3,5H2,1-2H3. The van der Waals surface area contributed by atoms with Crippen molar-refractivity contribution in [2.45, 2.75) is 26.7 Å². The van der Waals surface area contributed by atoms with Gasteiger partial charge in [-0.15, -0.1) is 0 Å². The Bertz CT molecular complexity index is 1050. The molecule has 0 saturated carbocycles. The number of hydrogen-bond donors (Lipinski definition) is 0. The molecule has 1 heterocycles. The van der Waals surface area contributed by atoms with Gasteiger partial charge in [-0.1, -0.05) is 73.5 Å². The van der Waals surface area contributed by atoms with E-state index < -0.39 is 0 Å². The highest BCUT2D eigenvalue weighted by Crippen LogP contribution is 2.30. The fraction of sp³-hybridized carbons (Fsp3) is 0.160. The van der Waals surface area contributed by atoms with Crippen LogP contribution in [0.4, 0.5) is 0 Å². The Hall–Kier alpha value is -2.93. The van der Waals surface area contributed by atoms with Crippen LogP contribution >= 0.6 is 0 Å². The summed E-state index contributed by atoms with van der Waals surface area (Å²) in [6, 6.07) is 26.3. The van der Waals surface area contributed by atoms with Crippen LogP contribution in [0.1, 0.15) is 24.5 Å². The van der Waals surface area contributed by atoms with E-state index in [-0.39, 0.29) is 0 Å². The molecule has 4 rings (SSSR count). The molecule has 0 saturated heterocycles. The van der Waals surface area contributed by atoms with Crippen molar-refractivity contribution in [1.82, 2.24) is 4.98 Å². The Morgan fingerprint density at radius 1 is 0.769 bits per heavy atom. The second-order valence-corrected chi connectivity index (χ2v) is 6.91. The molecule has 0 fully saturated rings. The van der Waals surface area contributed by atoms with E-state index in [0.29, 0.717) is 0 Å². The molecule has 0 bridgehead atoms. The van der Waals surface area contributed by atoms with Gasteiger partial charge in [-0.2, -0.15) is 0 Å². The zero-order valence-electron chi connectivity index (χ0n) is 15.4. The average molecular weight is 337 g/mol. The van der Waals surface area contributed by atoms with Crippen molar-refractivity contribution in [2.24, 2.45) is 0 Å². The largest absolute Gasteiger partial charge is 0.256 e. The van der Waals surface area contributed by atoms with Gasteiger partial charge in [0, 0.05) is 17.1 Å². The summed E-state index contributed by atoms with van der Waals surface area (Å²) in [4.78, 5) is 4.69. The van der Waals surface area contributed by atoms with Crippen molar-refractivity contribution in [3.8, 4) is 22.4 Å². The SMILES string of the molecule is CCCc1ccc(-c2cccc(-c3nccc4ccc(C)cc34)c2)cc1. The van der Waals surface area contributed by atoms with Crippen molar-refractivity contribution in [3.63, 3.8) is 0 Å². The summed E-state index contributed by atoms with van der Waals surface area (Å²) >= 11 is 0. The maximum atomic E-state index is 4.69. The van der Waals surface area contributed by atoms with Crippen LogP contribution in [0.3, 0.4) is 0 Å². The molecule has 3 aromatic carbocycles. The molecule has 0 aliphatic carbocycles. The van der Waals surface area contributed by atoms with Gasteiger partial charge in [-0.25, -0.2) is 0 Å². The van der Waals surface area contributed by atoms with Crippen LogP contribution in [0.5, 0.6) is 0 Å². The lowest BCUT2D eigenvalue weighted by Gasteiger charge is -2.09. The fourth-order valence-electron chi connectivity index (χ4n) is 3.51. The van der Waals surface area contributed by atoms with Crippen molar-refractivity contribution in [3.05, 3.63) is 90.1 Å². The van der Waals surface area contributed by atoms with Gasteiger partial charge in [-0.05, 0) is 53.6 Å². The van der Waals surface area contributed by atoms with Gasteiger partial charge in [0.05, 0.1) is 5.69 Å². The summed E-state index contributed by atoms with van der Waals surface area (Å²) in [7, 11) is 0. The van der Waals surface area contributed by atoms with Crippen molar-refractivity contribution in [1.29, 1.82) is 0 Å². The van der Waals surface area contributed by atoms with Crippen LogP contribution in [0.25, 0.3) is 33.2 Å². The molecule has 128 valence electrons. The molecular formula is C25H23N. The van der Waals surface area contributed by atoms with E-state index in [1.54, 1.807) is 0 Å². The summed E-state index contributed by atoms with van der Waals surface area (Å²) in [5.41, 5.74) is 7.36. The highest BCUT2D eigenvalue weighted by molar-refractivity contribution is 5.95. The minimum absolute atomic E-state index is 1.05. The van der Waals surface area contributed by atoms with E-state index in [9.17, 15) is 0 Å². The van der Waals surface area contributed by atoms with Crippen molar-refractivity contribution < 1.29 is 0 Å². The predicted octanol–water partition coefficient (Wildman–Crippen LogP) is 6.83. The van der Waals surface area contributed by atoms with Gasteiger partial charge in [0.15, 0.2) is 0 Å². The first-order valence-electron chi connectivity index (χ1n) is 9.30. The summed E-state index contributed by atoms with van der Waals surface area (Å²) < 4.78 is 0. The third kappa shape index (κ3) is 3.25.